The van der Waals surface area contributed by atoms with Gasteiger partial charge in [0.1, 0.15) is 11.1 Å². The van der Waals surface area contributed by atoms with Crippen LogP contribution in [0.25, 0.3) is 0 Å². The van der Waals surface area contributed by atoms with Gasteiger partial charge in [-0.2, -0.15) is 8.78 Å². The van der Waals surface area contributed by atoms with Crippen molar-refractivity contribution in [3.05, 3.63) is 35.2 Å². The second-order valence-electron chi connectivity index (χ2n) is 5.14. The molecule has 0 spiro atoms. The Morgan fingerprint density at radius 2 is 2.08 bits per heavy atom. The van der Waals surface area contributed by atoms with Gasteiger partial charge in [-0.15, -0.1) is 11.6 Å². The minimum atomic E-state index is -5.01. The number of nitrogens with zero attached hydrogens (tertiary/aromatic N) is 1. The smallest absolute Gasteiger partial charge is 0.354 e. The summed E-state index contributed by atoms with van der Waals surface area (Å²) in [6, 6.07) is 1.72. The highest BCUT2D eigenvalue weighted by Gasteiger charge is 2.54. The van der Waals surface area contributed by atoms with Crippen LogP contribution in [-0.2, 0) is 16.3 Å². The van der Waals surface area contributed by atoms with Gasteiger partial charge in [0.2, 0.25) is 9.84 Å². The van der Waals surface area contributed by atoms with Crippen LogP contribution in [0.2, 0.25) is 0 Å². The first-order valence-electron chi connectivity index (χ1n) is 6.77. The summed E-state index contributed by atoms with van der Waals surface area (Å²) in [4.78, 5) is 2.93. The molecule has 2 heterocycles. The molecule has 0 saturated heterocycles. The first-order valence-corrected chi connectivity index (χ1v) is 8.69. The van der Waals surface area contributed by atoms with E-state index in [-0.39, 0.29) is 5.76 Å². The van der Waals surface area contributed by atoms with Crippen molar-refractivity contribution in [2.75, 3.05) is 0 Å². The van der Waals surface area contributed by atoms with Crippen molar-refractivity contribution in [3.8, 4) is 17.6 Å². The first-order chi connectivity index (χ1) is 11.6. The zero-order valence-corrected chi connectivity index (χ0v) is 13.7. The third kappa shape index (κ3) is 3.00. The zero-order chi connectivity index (χ0) is 18.4. The predicted molar refractivity (Wildman–Crippen MR) is 81.9 cm³/mol. The van der Waals surface area contributed by atoms with Gasteiger partial charge < -0.3 is 4.74 Å². The van der Waals surface area contributed by atoms with E-state index >= 15 is 0 Å². The second-order valence-corrected chi connectivity index (χ2v) is 7.65. The monoisotopic (exact) mass is 393 g/mol. The summed E-state index contributed by atoms with van der Waals surface area (Å²) in [6.07, 6.45) is -2.15. The van der Waals surface area contributed by atoms with Crippen molar-refractivity contribution >= 4 is 27.7 Å². The number of halogens is 5. The van der Waals surface area contributed by atoms with Crippen molar-refractivity contribution in [2.24, 2.45) is 4.99 Å². The molecule has 1 aromatic carbocycles. The minimum absolute atomic E-state index is 0.131. The Kier molecular flexibility index (Phi) is 4.29. The van der Waals surface area contributed by atoms with Crippen LogP contribution in [0.1, 0.15) is 17.6 Å². The Morgan fingerprint density at radius 1 is 1.36 bits per heavy atom. The highest BCUT2D eigenvalue weighted by molar-refractivity contribution is 7.92. The van der Waals surface area contributed by atoms with Crippen LogP contribution in [0.5, 0.6) is 5.75 Å². The molecule has 2 aliphatic rings. The van der Waals surface area contributed by atoms with E-state index < -0.39 is 55.1 Å². The summed E-state index contributed by atoms with van der Waals surface area (Å²) >= 11 is 5.73. The molecule has 132 valence electrons. The van der Waals surface area contributed by atoms with E-state index in [1.54, 1.807) is 0 Å². The van der Waals surface area contributed by atoms with Gasteiger partial charge in [0.15, 0.2) is 5.76 Å². The lowest BCUT2D eigenvalue weighted by molar-refractivity contribution is 0.0960. The van der Waals surface area contributed by atoms with Crippen molar-refractivity contribution in [3.63, 3.8) is 0 Å². The molecule has 25 heavy (non-hydrogen) atoms. The first kappa shape index (κ1) is 17.8. The molecule has 0 amide bonds. The predicted octanol–water partition coefficient (Wildman–Crippen LogP) is 3.46. The quantitative estimate of drug-likeness (QED) is 0.449. The number of hydrogen-bond donors (Lipinski definition) is 0. The fraction of sp³-hybridized carbons (Fsp3) is 0.267. The van der Waals surface area contributed by atoms with Gasteiger partial charge in [0.05, 0.1) is 23.1 Å². The Hall–Kier alpha value is -2.05. The number of allylic oxidation sites excluding steroid dienone is 1. The van der Waals surface area contributed by atoms with Crippen LogP contribution in [0.15, 0.2) is 34.0 Å². The van der Waals surface area contributed by atoms with E-state index in [1.165, 1.54) is 6.21 Å². The Bertz CT molecular complexity index is 961. The summed E-state index contributed by atoms with van der Waals surface area (Å²) in [5, 5.41) is -4.84. The number of benzene rings is 1. The van der Waals surface area contributed by atoms with Gasteiger partial charge in [-0.05, 0) is 23.6 Å². The van der Waals surface area contributed by atoms with Crippen molar-refractivity contribution in [1.82, 2.24) is 0 Å². The molecule has 2 aliphatic heterocycles. The maximum atomic E-state index is 13.7. The second kappa shape index (κ2) is 6.04. The van der Waals surface area contributed by atoms with Gasteiger partial charge in [0, 0.05) is 6.21 Å². The van der Waals surface area contributed by atoms with E-state index in [2.05, 4.69) is 16.8 Å². The van der Waals surface area contributed by atoms with Gasteiger partial charge >= 0.3 is 5.25 Å². The minimum Gasteiger partial charge on any atom is -0.446 e. The molecule has 0 saturated carbocycles. The SMILES string of the molecule is O=S1(=O)c2ccc(OC3=CN=CC(Cl)C#C3)c(C(F)F)c2CC1(F)F. The van der Waals surface area contributed by atoms with Gasteiger partial charge in [-0.1, -0.05) is 5.92 Å². The van der Waals surface area contributed by atoms with Crippen LogP contribution in [0.4, 0.5) is 17.6 Å². The van der Waals surface area contributed by atoms with E-state index in [9.17, 15) is 26.0 Å². The van der Waals surface area contributed by atoms with E-state index in [0.29, 0.717) is 0 Å². The molecule has 0 radical (unpaired) electrons. The fourth-order valence-corrected chi connectivity index (χ4v) is 3.94. The summed E-state index contributed by atoms with van der Waals surface area (Å²) in [5.74, 6) is 4.38. The van der Waals surface area contributed by atoms with E-state index in [0.717, 1.165) is 18.3 Å². The molecule has 4 nitrogen and oxygen atoms in total. The molecule has 0 aromatic heterocycles. The maximum absolute atomic E-state index is 13.7. The average molecular weight is 394 g/mol. The lowest BCUT2D eigenvalue weighted by atomic mass is 10.0. The van der Waals surface area contributed by atoms with Crippen molar-refractivity contribution in [1.29, 1.82) is 0 Å². The molecule has 0 bridgehead atoms. The molecule has 3 rings (SSSR count). The zero-order valence-electron chi connectivity index (χ0n) is 12.1. The largest absolute Gasteiger partial charge is 0.446 e. The van der Waals surface area contributed by atoms with Crippen molar-refractivity contribution in [2.45, 2.75) is 28.4 Å². The number of fused-ring (bicyclic) bond motifs is 1. The van der Waals surface area contributed by atoms with Crippen molar-refractivity contribution < 1.29 is 30.7 Å². The third-order valence-corrected chi connectivity index (χ3v) is 5.63. The molecule has 0 aliphatic carbocycles. The molecule has 10 heteroatoms. The summed E-state index contributed by atoms with van der Waals surface area (Å²) < 4.78 is 83.1. The van der Waals surface area contributed by atoms with Gasteiger partial charge in [-0.3, -0.25) is 4.99 Å². The number of ether oxygens (including phenoxy) is 1. The molecular weight excluding hydrogens is 386 g/mol. The topological polar surface area (TPSA) is 55.7 Å². The summed E-state index contributed by atoms with van der Waals surface area (Å²) in [6.45, 7) is 0. The summed E-state index contributed by atoms with van der Waals surface area (Å²) in [7, 11) is -5.01. The number of rotatable bonds is 3. The number of sulfone groups is 1. The molecule has 1 unspecified atom stereocenters. The molecular formula is C15H8ClF4NO3S. The van der Waals surface area contributed by atoms with Crippen LogP contribution >= 0.6 is 11.6 Å². The number of alkyl halides is 5. The number of hydrogen-bond acceptors (Lipinski definition) is 4. The molecule has 0 N–H and O–H groups in total. The lowest BCUT2D eigenvalue weighted by Gasteiger charge is -2.13. The highest BCUT2D eigenvalue weighted by atomic mass is 35.5. The Labute approximate surface area is 145 Å². The molecule has 0 fully saturated rings. The summed E-state index contributed by atoms with van der Waals surface area (Å²) in [5.41, 5.74) is -1.56. The van der Waals surface area contributed by atoms with Gasteiger partial charge in [0.25, 0.3) is 6.43 Å². The lowest BCUT2D eigenvalue weighted by Crippen LogP contribution is -2.24. The third-order valence-electron chi connectivity index (χ3n) is 3.52. The van der Waals surface area contributed by atoms with E-state index in [1.807, 2.05) is 0 Å². The Balaban J connectivity index is 2.10. The maximum Gasteiger partial charge on any atom is 0.354 e. The molecule has 1 aromatic rings. The fourth-order valence-electron chi connectivity index (χ4n) is 2.41. The van der Waals surface area contributed by atoms with Crippen LogP contribution in [0, 0.1) is 11.8 Å². The molecule has 1 atom stereocenters. The average Bonchev–Trinajstić information content (AvgIpc) is 2.64. The highest BCUT2D eigenvalue weighted by Crippen LogP contribution is 2.47. The normalized spacial score (nSPS) is 22.6. The standard InChI is InChI=1S/C15H8ClF4NO3S/c16-8-1-2-9(7-21-6-8)24-11-3-4-12-10(13(11)14(17)18)5-15(19,20)25(12,22)23/h3-4,6-8,14H,5H2. The Morgan fingerprint density at radius 3 is 2.76 bits per heavy atom. The van der Waals surface area contributed by atoms with E-state index in [4.69, 9.17) is 16.3 Å². The van der Waals surface area contributed by atoms with Crippen LogP contribution in [0.3, 0.4) is 0 Å². The van der Waals surface area contributed by atoms with Crippen LogP contribution in [-0.4, -0.2) is 25.3 Å². The van der Waals surface area contributed by atoms with Crippen LogP contribution < -0.4 is 4.74 Å². The van der Waals surface area contributed by atoms with Gasteiger partial charge in [-0.25, -0.2) is 17.2 Å². The number of aliphatic imine (C=N–C) groups is 1.